The van der Waals surface area contributed by atoms with Crippen LogP contribution in [0.2, 0.25) is 0 Å². The third-order valence-electron chi connectivity index (χ3n) is 2.66. The fraction of sp³-hybridized carbons (Fsp3) is 0.0769. The average Bonchev–Trinajstić information content (AvgIpc) is 2.32. The van der Waals surface area contributed by atoms with Crippen molar-refractivity contribution in [3.63, 3.8) is 0 Å². The van der Waals surface area contributed by atoms with Crippen LogP contribution in [0.1, 0.15) is 5.56 Å². The van der Waals surface area contributed by atoms with Gasteiger partial charge < -0.3 is 5.73 Å². The molecule has 0 saturated heterocycles. The Morgan fingerprint density at radius 1 is 1.18 bits per heavy atom. The molecule has 0 unspecified atom stereocenters. The Morgan fingerprint density at radius 2 is 1.82 bits per heavy atom. The summed E-state index contributed by atoms with van der Waals surface area (Å²) in [5, 5.41) is 10.7. The van der Waals surface area contributed by atoms with Crippen LogP contribution in [0.25, 0.3) is 11.1 Å². The molecular formula is C13H12N2O2. The summed E-state index contributed by atoms with van der Waals surface area (Å²) in [6.07, 6.45) is 0. The van der Waals surface area contributed by atoms with Gasteiger partial charge in [-0.3, -0.25) is 10.1 Å². The van der Waals surface area contributed by atoms with Crippen LogP contribution >= 0.6 is 0 Å². The molecule has 0 fully saturated rings. The van der Waals surface area contributed by atoms with Crippen molar-refractivity contribution in [2.24, 2.45) is 0 Å². The quantitative estimate of drug-likeness (QED) is 0.487. The van der Waals surface area contributed by atoms with Gasteiger partial charge in [0.2, 0.25) is 0 Å². The first-order valence-corrected chi connectivity index (χ1v) is 5.19. The van der Waals surface area contributed by atoms with Gasteiger partial charge in [-0.15, -0.1) is 0 Å². The van der Waals surface area contributed by atoms with Crippen LogP contribution in [0.15, 0.2) is 42.5 Å². The van der Waals surface area contributed by atoms with E-state index < -0.39 is 4.92 Å². The summed E-state index contributed by atoms with van der Waals surface area (Å²) in [5.74, 6) is 0. The predicted octanol–water partition coefficient (Wildman–Crippen LogP) is 3.15. The zero-order chi connectivity index (χ0) is 12.4. The van der Waals surface area contributed by atoms with Crippen molar-refractivity contribution in [3.8, 4) is 11.1 Å². The summed E-state index contributed by atoms with van der Waals surface area (Å²) in [4.78, 5) is 10.3. The molecule has 0 atom stereocenters. The van der Waals surface area contributed by atoms with Crippen molar-refractivity contribution >= 4 is 11.4 Å². The molecule has 0 aliphatic heterocycles. The van der Waals surface area contributed by atoms with E-state index in [0.29, 0.717) is 0 Å². The molecule has 0 aliphatic carbocycles. The zero-order valence-electron chi connectivity index (χ0n) is 9.38. The van der Waals surface area contributed by atoms with Crippen molar-refractivity contribution in [1.82, 2.24) is 0 Å². The number of benzene rings is 2. The van der Waals surface area contributed by atoms with Crippen molar-refractivity contribution in [3.05, 3.63) is 58.1 Å². The molecule has 0 amide bonds. The van der Waals surface area contributed by atoms with Crippen LogP contribution < -0.4 is 5.73 Å². The SMILES string of the molecule is Cc1cc([N+](=O)[O-])c(N)cc1-c1ccccc1. The molecule has 17 heavy (non-hydrogen) atoms. The number of aryl methyl sites for hydroxylation is 1. The topological polar surface area (TPSA) is 69.2 Å². The minimum atomic E-state index is -0.461. The van der Waals surface area contributed by atoms with Gasteiger partial charge in [0.15, 0.2) is 0 Å². The van der Waals surface area contributed by atoms with Gasteiger partial charge in [-0.1, -0.05) is 30.3 Å². The van der Waals surface area contributed by atoms with Crippen LogP contribution in [0.3, 0.4) is 0 Å². The van der Waals surface area contributed by atoms with Crippen molar-refractivity contribution in [2.45, 2.75) is 6.92 Å². The van der Waals surface area contributed by atoms with E-state index in [9.17, 15) is 10.1 Å². The highest BCUT2D eigenvalue weighted by molar-refractivity contribution is 5.75. The number of hydrogen-bond donors (Lipinski definition) is 1. The maximum atomic E-state index is 10.7. The smallest absolute Gasteiger partial charge is 0.292 e. The minimum absolute atomic E-state index is 0.0396. The predicted molar refractivity (Wildman–Crippen MR) is 67.7 cm³/mol. The van der Waals surface area contributed by atoms with Crippen LogP contribution in [0.4, 0.5) is 11.4 Å². The van der Waals surface area contributed by atoms with E-state index in [2.05, 4.69) is 0 Å². The van der Waals surface area contributed by atoms with E-state index >= 15 is 0 Å². The van der Waals surface area contributed by atoms with Gasteiger partial charge in [0.25, 0.3) is 5.69 Å². The van der Waals surface area contributed by atoms with E-state index in [1.54, 1.807) is 6.07 Å². The summed E-state index contributed by atoms with van der Waals surface area (Å²) in [6, 6.07) is 12.8. The molecule has 0 saturated carbocycles. The van der Waals surface area contributed by atoms with Crippen molar-refractivity contribution in [1.29, 1.82) is 0 Å². The summed E-state index contributed by atoms with van der Waals surface area (Å²) in [5.41, 5.74) is 8.62. The molecule has 2 aromatic carbocycles. The lowest BCUT2D eigenvalue weighted by Gasteiger charge is -2.07. The van der Waals surface area contributed by atoms with E-state index in [-0.39, 0.29) is 11.4 Å². The van der Waals surface area contributed by atoms with Gasteiger partial charge in [0.05, 0.1) is 4.92 Å². The normalized spacial score (nSPS) is 10.2. The molecule has 4 nitrogen and oxygen atoms in total. The molecule has 86 valence electrons. The Morgan fingerprint density at radius 3 is 2.41 bits per heavy atom. The maximum Gasteiger partial charge on any atom is 0.292 e. The van der Waals surface area contributed by atoms with Gasteiger partial charge in [0.1, 0.15) is 5.69 Å². The zero-order valence-corrected chi connectivity index (χ0v) is 9.38. The molecule has 4 heteroatoms. The van der Waals surface area contributed by atoms with Gasteiger partial charge in [0, 0.05) is 6.07 Å². The number of anilines is 1. The first kappa shape index (κ1) is 11.1. The Hall–Kier alpha value is -2.36. The van der Waals surface area contributed by atoms with E-state index in [4.69, 9.17) is 5.73 Å². The second-order valence-corrected chi connectivity index (χ2v) is 3.85. The number of rotatable bonds is 2. The Bertz CT molecular complexity index is 565. The fourth-order valence-corrected chi connectivity index (χ4v) is 1.80. The lowest BCUT2D eigenvalue weighted by molar-refractivity contribution is -0.383. The minimum Gasteiger partial charge on any atom is -0.393 e. The molecule has 0 bridgehead atoms. The maximum absolute atomic E-state index is 10.7. The molecule has 0 heterocycles. The van der Waals surface area contributed by atoms with Gasteiger partial charge in [-0.2, -0.15) is 0 Å². The summed E-state index contributed by atoms with van der Waals surface area (Å²) >= 11 is 0. The first-order valence-electron chi connectivity index (χ1n) is 5.19. The third kappa shape index (κ3) is 2.10. The highest BCUT2D eigenvalue weighted by Gasteiger charge is 2.14. The highest BCUT2D eigenvalue weighted by atomic mass is 16.6. The molecule has 0 aliphatic rings. The second kappa shape index (κ2) is 4.25. The fourth-order valence-electron chi connectivity index (χ4n) is 1.80. The lowest BCUT2D eigenvalue weighted by atomic mass is 9.99. The lowest BCUT2D eigenvalue weighted by Crippen LogP contribution is -1.97. The number of nitrogens with two attached hydrogens (primary N) is 1. The highest BCUT2D eigenvalue weighted by Crippen LogP contribution is 2.31. The molecule has 2 aromatic rings. The van der Waals surface area contributed by atoms with Crippen molar-refractivity contribution in [2.75, 3.05) is 5.73 Å². The van der Waals surface area contributed by atoms with E-state index in [1.807, 2.05) is 37.3 Å². The summed E-state index contributed by atoms with van der Waals surface area (Å²) < 4.78 is 0. The standard InChI is InChI=1S/C13H12N2O2/c1-9-7-13(15(16)17)12(14)8-11(9)10-5-3-2-4-6-10/h2-8H,14H2,1H3. The Labute approximate surface area is 98.8 Å². The molecule has 0 radical (unpaired) electrons. The summed E-state index contributed by atoms with van der Waals surface area (Å²) in [7, 11) is 0. The largest absolute Gasteiger partial charge is 0.393 e. The molecule has 0 aromatic heterocycles. The number of nitrogens with zero attached hydrogens (tertiary/aromatic N) is 1. The number of nitrogen functional groups attached to an aromatic ring is 1. The molecular weight excluding hydrogens is 216 g/mol. The Balaban J connectivity index is 2.58. The van der Waals surface area contributed by atoms with Crippen LogP contribution in [0.5, 0.6) is 0 Å². The second-order valence-electron chi connectivity index (χ2n) is 3.85. The Kier molecular flexibility index (Phi) is 2.78. The molecule has 2 N–H and O–H groups in total. The number of nitro groups is 1. The van der Waals surface area contributed by atoms with Gasteiger partial charge in [-0.05, 0) is 29.7 Å². The average molecular weight is 228 g/mol. The number of nitro benzene ring substituents is 1. The van der Waals surface area contributed by atoms with Gasteiger partial charge in [-0.25, -0.2) is 0 Å². The van der Waals surface area contributed by atoms with E-state index in [0.717, 1.165) is 16.7 Å². The molecule has 0 spiro atoms. The van der Waals surface area contributed by atoms with Crippen LogP contribution in [0, 0.1) is 17.0 Å². The third-order valence-corrected chi connectivity index (χ3v) is 2.66. The molecule has 2 rings (SSSR count). The van der Waals surface area contributed by atoms with Crippen LogP contribution in [-0.2, 0) is 0 Å². The van der Waals surface area contributed by atoms with E-state index in [1.165, 1.54) is 6.07 Å². The monoisotopic (exact) mass is 228 g/mol. The first-order chi connectivity index (χ1) is 8.09. The van der Waals surface area contributed by atoms with Crippen molar-refractivity contribution < 1.29 is 4.92 Å². The van der Waals surface area contributed by atoms with Crippen LogP contribution in [-0.4, -0.2) is 4.92 Å². The van der Waals surface area contributed by atoms with Gasteiger partial charge >= 0.3 is 0 Å². The number of hydrogen-bond acceptors (Lipinski definition) is 3. The summed E-state index contributed by atoms with van der Waals surface area (Å²) in [6.45, 7) is 1.84.